The zero-order valence-electron chi connectivity index (χ0n) is 16.3. The van der Waals surface area contributed by atoms with Crippen LogP contribution in [0.2, 0.25) is 10.0 Å². The summed E-state index contributed by atoms with van der Waals surface area (Å²) in [5.41, 5.74) is 4.96. The molecule has 0 aliphatic carbocycles. The lowest BCUT2D eigenvalue weighted by atomic mass is 10.1. The lowest BCUT2D eigenvalue weighted by Gasteiger charge is -2.10. The molecule has 0 heterocycles. The zero-order valence-corrected chi connectivity index (χ0v) is 17.8. The quantitative estimate of drug-likeness (QED) is 0.381. The fraction of sp³-hybridized carbons (Fsp3) is 0.130. The number of methoxy groups -OCH3 is 1. The molecule has 0 saturated heterocycles. The Labute approximate surface area is 185 Å². The number of hydrogen-bond acceptors (Lipinski definition) is 4. The monoisotopic (exact) mass is 442 g/mol. The topological polar surface area (TPSA) is 59.9 Å². The van der Waals surface area contributed by atoms with E-state index in [-0.39, 0.29) is 12.3 Å². The van der Waals surface area contributed by atoms with Crippen molar-refractivity contribution >= 4 is 35.3 Å². The van der Waals surface area contributed by atoms with Crippen molar-refractivity contribution < 1.29 is 14.3 Å². The van der Waals surface area contributed by atoms with Crippen LogP contribution in [0.4, 0.5) is 0 Å². The van der Waals surface area contributed by atoms with Crippen LogP contribution in [0.25, 0.3) is 0 Å². The van der Waals surface area contributed by atoms with Crippen LogP contribution in [-0.4, -0.2) is 19.2 Å². The number of benzene rings is 3. The van der Waals surface area contributed by atoms with Gasteiger partial charge in [0.05, 0.1) is 19.7 Å². The minimum atomic E-state index is -0.236. The Bertz CT molecular complexity index is 1040. The van der Waals surface area contributed by atoms with Gasteiger partial charge in [-0.3, -0.25) is 4.79 Å². The summed E-state index contributed by atoms with van der Waals surface area (Å²) in [4.78, 5) is 12.1. The molecule has 1 amide bonds. The van der Waals surface area contributed by atoms with Crippen LogP contribution in [0.1, 0.15) is 16.7 Å². The van der Waals surface area contributed by atoms with Gasteiger partial charge in [-0.05, 0) is 53.6 Å². The molecule has 7 heteroatoms. The van der Waals surface area contributed by atoms with Gasteiger partial charge in [0.25, 0.3) is 0 Å². The number of hydrazone groups is 1. The summed E-state index contributed by atoms with van der Waals surface area (Å²) in [5, 5.41) is 5.22. The van der Waals surface area contributed by atoms with Gasteiger partial charge in [0.1, 0.15) is 18.1 Å². The normalized spacial score (nSPS) is 10.8. The molecule has 0 aliphatic rings. The number of carbonyl (C=O) groups excluding carboxylic acids is 1. The molecule has 0 aromatic heterocycles. The molecule has 0 atom stereocenters. The molecule has 1 N–H and O–H groups in total. The van der Waals surface area contributed by atoms with Crippen molar-refractivity contribution in [1.29, 1.82) is 0 Å². The van der Waals surface area contributed by atoms with E-state index in [9.17, 15) is 4.79 Å². The first-order valence-corrected chi connectivity index (χ1v) is 9.91. The van der Waals surface area contributed by atoms with Gasteiger partial charge in [0.15, 0.2) is 0 Å². The summed E-state index contributed by atoms with van der Waals surface area (Å²) in [6.45, 7) is 0.340. The van der Waals surface area contributed by atoms with Gasteiger partial charge in [-0.25, -0.2) is 5.43 Å². The second-order valence-corrected chi connectivity index (χ2v) is 7.29. The van der Waals surface area contributed by atoms with E-state index < -0.39 is 0 Å². The Hall–Kier alpha value is -3.02. The number of nitrogens with one attached hydrogen (secondary N) is 1. The first-order valence-electron chi connectivity index (χ1n) is 9.15. The highest BCUT2D eigenvalue weighted by atomic mass is 35.5. The number of halogens is 2. The number of ether oxygens (including phenoxy) is 2. The third-order valence-electron chi connectivity index (χ3n) is 4.17. The molecule has 3 aromatic rings. The van der Waals surface area contributed by atoms with Crippen molar-refractivity contribution in [2.45, 2.75) is 13.0 Å². The highest BCUT2D eigenvalue weighted by Gasteiger charge is 2.06. The molecule has 0 spiro atoms. The van der Waals surface area contributed by atoms with Crippen molar-refractivity contribution in [3.05, 3.63) is 93.5 Å². The van der Waals surface area contributed by atoms with Gasteiger partial charge >= 0.3 is 0 Å². The molecule has 154 valence electrons. The van der Waals surface area contributed by atoms with E-state index in [1.807, 2.05) is 30.3 Å². The molecular formula is C23H20Cl2N2O3. The van der Waals surface area contributed by atoms with E-state index >= 15 is 0 Å². The number of carbonyl (C=O) groups is 1. The summed E-state index contributed by atoms with van der Waals surface area (Å²) < 4.78 is 11.0. The minimum Gasteiger partial charge on any atom is -0.497 e. The van der Waals surface area contributed by atoms with Crippen LogP contribution in [-0.2, 0) is 17.8 Å². The molecular weight excluding hydrogens is 423 g/mol. The maximum atomic E-state index is 12.1. The van der Waals surface area contributed by atoms with Gasteiger partial charge in [-0.15, -0.1) is 0 Å². The van der Waals surface area contributed by atoms with Crippen molar-refractivity contribution in [2.24, 2.45) is 5.10 Å². The highest BCUT2D eigenvalue weighted by Crippen LogP contribution is 2.23. The maximum absolute atomic E-state index is 12.1. The summed E-state index contributed by atoms with van der Waals surface area (Å²) in [6.07, 6.45) is 1.71. The van der Waals surface area contributed by atoms with E-state index in [4.69, 9.17) is 32.7 Å². The molecule has 0 unspecified atom stereocenters. The second kappa shape index (κ2) is 10.7. The average Bonchev–Trinajstić information content (AvgIpc) is 2.74. The third-order valence-corrected chi connectivity index (χ3v) is 4.64. The fourth-order valence-corrected chi connectivity index (χ4v) is 3.08. The van der Waals surface area contributed by atoms with Crippen LogP contribution in [0.15, 0.2) is 71.8 Å². The Morgan fingerprint density at radius 1 is 1.00 bits per heavy atom. The maximum Gasteiger partial charge on any atom is 0.244 e. The zero-order chi connectivity index (χ0) is 21.3. The smallest absolute Gasteiger partial charge is 0.244 e. The van der Waals surface area contributed by atoms with E-state index in [0.29, 0.717) is 28.0 Å². The van der Waals surface area contributed by atoms with E-state index in [0.717, 1.165) is 16.9 Å². The Morgan fingerprint density at radius 3 is 2.50 bits per heavy atom. The molecule has 30 heavy (non-hydrogen) atoms. The van der Waals surface area contributed by atoms with Gasteiger partial charge < -0.3 is 9.47 Å². The Morgan fingerprint density at radius 2 is 1.77 bits per heavy atom. The molecule has 0 aliphatic heterocycles. The average molecular weight is 443 g/mol. The molecule has 5 nitrogen and oxygen atoms in total. The van der Waals surface area contributed by atoms with Gasteiger partial charge in [-0.1, -0.05) is 47.5 Å². The molecule has 3 aromatic carbocycles. The standard InChI is InChI=1S/C23H20Cl2N2O3/c1-29-21-8-5-16(6-9-21)12-23(28)27-26-14-18-13-20(25)7-10-22(18)30-15-17-3-2-4-19(24)11-17/h2-11,13-14H,12,15H2,1H3,(H,27,28)/b26-14-. The van der Waals surface area contributed by atoms with Crippen LogP contribution >= 0.6 is 23.2 Å². The van der Waals surface area contributed by atoms with E-state index in [2.05, 4.69) is 10.5 Å². The summed E-state index contributed by atoms with van der Waals surface area (Å²) in [5.74, 6) is 1.09. The first-order chi connectivity index (χ1) is 14.5. The van der Waals surface area contributed by atoms with Gasteiger partial charge in [0.2, 0.25) is 5.91 Å². The van der Waals surface area contributed by atoms with E-state index in [1.54, 1.807) is 43.5 Å². The first kappa shape index (κ1) is 21.7. The predicted octanol–water partition coefficient (Wildman–Crippen LogP) is 5.27. The van der Waals surface area contributed by atoms with Crippen molar-refractivity contribution in [2.75, 3.05) is 7.11 Å². The number of hydrogen-bond donors (Lipinski definition) is 1. The summed E-state index contributed by atoms with van der Waals surface area (Å²) >= 11 is 12.1. The van der Waals surface area contributed by atoms with Gasteiger partial charge in [0, 0.05) is 15.6 Å². The van der Waals surface area contributed by atoms with Crippen molar-refractivity contribution in [3.8, 4) is 11.5 Å². The van der Waals surface area contributed by atoms with Gasteiger partial charge in [-0.2, -0.15) is 5.10 Å². The fourth-order valence-electron chi connectivity index (χ4n) is 2.68. The lowest BCUT2D eigenvalue weighted by molar-refractivity contribution is -0.120. The molecule has 0 saturated carbocycles. The molecule has 3 rings (SSSR count). The van der Waals surface area contributed by atoms with Crippen LogP contribution in [0.3, 0.4) is 0 Å². The summed E-state index contributed by atoms with van der Waals surface area (Å²) in [7, 11) is 1.60. The molecule has 0 bridgehead atoms. The predicted molar refractivity (Wildman–Crippen MR) is 120 cm³/mol. The molecule has 0 fully saturated rings. The van der Waals surface area contributed by atoms with Crippen LogP contribution in [0, 0.1) is 0 Å². The van der Waals surface area contributed by atoms with Crippen LogP contribution in [0.5, 0.6) is 11.5 Å². The Balaban J connectivity index is 1.61. The highest BCUT2D eigenvalue weighted by molar-refractivity contribution is 6.31. The number of amides is 1. The van der Waals surface area contributed by atoms with E-state index in [1.165, 1.54) is 6.21 Å². The largest absolute Gasteiger partial charge is 0.497 e. The lowest BCUT2D eigenvalue weighted by Crippen LogP contribution is -2.19. The van der Waals surface area contributed by atoms with Crippen molar-refractivity contribution in [3.63, 3.8) is 0 Å². The van der Waals surface area contributed by atoms with Crippen molar-refractivity contribution in [1.82, 2.24) is 5.43 Å². The minimum absolute atomic E-state index is 0.203. The number of nitrogens with zero attached hydrogens (tertiary/aromatic N) is 1. The summed E-state index contributed by atoms with van der Waals surface area (Å²) in [6, 6.07) is 19.9. The van der Waals surface area contributed by atoms with Crippen LogP contribution < -0.4 is 14.9 Å². The SMILES string of the molecule is COc1ccc(CC(=O)N/N=C\c2cc(Cl)ccc2OCc2cccc(Cl)c2)cc1. The number of rotatable bonds is 8. The Kier molecular flexibility index (Phi) is 7.71. The third kappa shape index (κ3) is 6.51. The second-order valence-electron chi connectivity index (χ2n) is 6.42. The molecule has 0 radical (unpaired) electrons.